The Hall–Kier alpha value is -2.62. The fourth-order valence-corrected chi connectivity index (χ4v) is 3.31. The zero-order chi connectivity index (χ0) is 16.9. The van der Waals surface area contributed by atoms with Crippen LogP contribution in [0.5, 0.6) is 0 Å². The SMILES string of the molecule is COC(=O)/C=C/C(=O)N1CC2=CCCC=C2C(c2ccccc2)C1. The van der Waals surface area contributed by atoms with Crippen molar-refractivity contribution < 1.29 is 14.3 Å². The lowest BCUT2D eigenvalue weighted by molar-refractivity contribution is -0.135. The quantitative estimate of drug-likeness (QED) is 0.634. The average molecular weight is 323 g/mol. The summed E-state index contributed by atoms with van der Waals surface area (Å²) in [5, 5.41) is 0. The summed E-state index contributed by atoms with van der Waals surface area (Å²) in [5.74, 6) is -0.494. The molecule has 0 spiro atoms. The van der Waals surface area contributed by atoms with Gasteiger partial charge in [-0.05, 0) is 29.6 Å². The summed E-state index contributed by atoms with van der Waals surface area (Å²) in [6.07, 6.45) is 9.08. The maximum atomic E-state index is 12.5. The Morgan fingerprint density at radius 3 is 2.62 bits per heavy atom. The Labute approximate surface area is 142 Å². The van der Waals surface area contributed by atoms with Crippen LogP contribution in [0, 0.1) is 0 Å². The van der Waals surface area contributed by atoms with Crippen molar-refractivity contribution in [1.29, 1.82) is 0 Å². The minimum Gasteiger partial charge on any atom is -0.466 e. The second-order valence-corrected chi connectivity index (χ2v) is 6.00. The number of allylic oxidation sites excluding steroid dienone is 2. The van der Waals surface area contributed by atoms with Crippen molar-refractivity contribution in [2.75, 3.05) is 20.2 Å². The predicted molar refractivity (Wildman–Crippen MR) is 92.3 cm³/mol. The first-order chi connectivity index (χ1) is 11.7. The molecular weight excluding hydrogens is 302 g/mol. The molecule has 0 bridgehead atoms. The molecule has 0 radical (unpaired) electrons. The van der Waals surface area contributed by atoms with Crippen LogP contribution in [0.2, 0.25) is 0 Å². The number of hydrogen-bond donors (Lipinski definition) is 0. The summed E-state index contributed by atoms with van der Waals surface area (Å²) in [6, 6.07) is 10.3. The fourth-order valence-electron chi connectivity index (χ4n) is 3.31. The van der Waals surface area contributed by atoms with Gasteiger partial charge in [0.2, 0.25) is 5.91 Å². The van der Waals surface area contributed by atoms with E-state index in [1.807, 2.05) is 18.2 Å². The molecule has 1 atom stereocenters. The Balaban J connectivity index is 1.85. The number of carbonyl (C=O) groups excluding carboxylic acids is 2. The number of methoxy groups -OCH3 is 1. The molecule has 0 N–H and O–H groups in total. The summed E-state index contributed by atoms with van der Waals surface area (Å²) in [7, 11) is 1.30. The first kappa shape index (κ1) is 16.2. The van der Waals surface area contributed by atoms with E-state index in [1.54, 1.807) is 4.90 Å². The molecule has 3 rings (SSSR count). The molecule has 1 heterocycles. The zero-order valence-corrected chi connectivity index (χ0v) is 13.8. The number of likely N-dealkylation sites (tertiary alicyclic amines) is 1. The van der Waals surface area contributed by atoms with Gasteiger partial charge in [0.15, 0.2) is 0 Å². The van der Waals surface area contributed by atoms with Crippen LogP contribution in [0.15, 0.2) is 65.8 Å². The lowest BCUT2D eigenvalue weighted by Gasteiger charge is -2.37. The van der Waals surface area contributed by atoms with E-state index in [4.69, 9.17) is 0 Å². The van der Waals surface area contributed by atoms with Crippen molar-refractivity contribution in [3.05, 3.63) is 71.3 Å². The molecule has 124 valence electrons. The number of carbonyl (C=O) groups is 2. The zero-order valence-electron chi connectivity index (χ0n) is 13.8. The van der Waals surface area contributed by atoms with Crippen molar-refractivity contribution in [3.63, 3.8) is 0 Å². The highest BCUT2D eigenvalue weighted by molar-refractivity contribution is 5.94. The van der Waals surface area contributed by atoms with Gasteiger partial charge in [0.1, 0.15) is 0 Å². The van der Waals surface area contributed by atoms with Crippen LogP contribution in [0.3, 0.4) is 0 Å². The van der Waals surface area contributed by atoms with Crippen LogP contribution in [0.1, 0.15) is 24.3 Å². The second-order valence-electron chi connectivity index (χ2n) is 6.00. The van der Waals surface area contributed by atoms with Gasteiger partial charge >= 0.3 is 5.97 Å². The van der Waals surface area contributed by atoms with Gasteiger partial charge in [-0.25, -0.2) is 4.79 Å². The molecule has 1 amide bonds. The molecular formula is C20H21NO3. The van der Waals surface area contributed by atoms with Crippen LogP contribution < -0.4 is 0 Å². The Morgan fingerprint density at radius 1 is 1.12 bits per heavy atom. The molecule has 1 aromatic carbocycles. The lowest BCUT2D eigenvalue weighted by atomic mass is 9.80. The van der Waals surface area contributed by atoms with E-state index >= 15 is 0 Å². The third-order valence-electron chi connectivity index (χ3n) is 4.51. The van der Waals surface area contributed by atoms with Gasteiger partial charge in [-0.1, -0.05) is 42.5 Å². The van der Waals surface area contributed by atoms with Crippen molar-refractivity contribution in [2.24, 2.45) is 0 Å². The summed E-state index contributed by atoms with van der Waals surface area (Å²) in [6.45, 7) is 1.22. The lowest BCUT2D eigenvalue weighted by Crippen LogP contribution is -2.41. The summed E-state index contributed by atoms with van der Waals surface area (Å²) in [5.41, 5.74) is 3.78. The molecule has 1 unspecified atom stereocenters. The second kappa shape index (κ2) is 7.30. The maximum Gasteiger partial charge on any atom is 0.330 e. The van der Waals surface area contributed by atoms with Crippen molar-refractivity contribution in [1.82, 2.24) is 4.90 Å². The average Bonchev–Trinajstić information content (AvgIpc) is 2.65. The summed E-state index contributed by atoms with van der Waals surface area (Å²) >= 11 is 0. The van der Waals surface area contributed by atoms with Gasteiger partial charge < -0.3 is 9.64 Å². The number of esters is 1. The fraction of sp³-hybridized carbons (Fsp3) is 0.300. The number of benzene rings is 1. The first-order valence-corrected chi connectivity index (χ1v) is 8.18. The maximum absolute atomic E-state index is 12.5. The Morgan fingerprint density at radius 2 is 1.88 bits per heavy atom. The van der Waals surface area contributed by atoms with E-state index in [9.17, 15) is 9.59 Å². The molecule has 4 heteroatoms. The first-order valence-electron chi connectivity index (χ1n) is 8.18. The van der Waals surface area contributed by atoms with Gasteiger partial charge in [-0.2, -0.15) is 0 Å². The number of ether oxygens (including phenoxy) is 1. The van der Waals surface area contributed by atoms with Gasteiger partial charge in [0, 0.05) is 31.2 Å². The van der Waals surface area contributed by atoms with E-state index in [0.29, 0.717) is 13.1 Å². The van der Waals surface area contributed by atoms with Crippen LogP contribution in [-0.2, 0) is 14.3 Å². The third kappa shape index (κ3) is 3.48. The third-order valence-corrected chi connectivity index (χ3v) is 4.51. The van der Waals surface area contributed by atoms with Crippen molar-refractivity contribution in [2.45, 2.75) is 18.8 Å². The largest absolute Gasteiger partial charge is 0.466 e. The van der Waals surface area contributed by atoms with Crippen LogP contribution in [0.4, 0.5) is 0 Å². The number of rotatable bonds is 3. The highest BCUT2D eigenvalue weighted by Crippen LogP contribution is 2.37. The molecule has 0 aromatic heterocycles. The van der Waals surface area contributed by atoms with Gasteiger partial charge in [-0.15, -0.1) is 0 Å². The molecule has 0 saturated carbocycles. The minimum absolute atomic E-state index is 0.160. The van der Waals surface area contributed by atoms with E-state index in [1.165, 1.54) is 36.0 Å². The number of hydrogen-bond acceptors (Lipinski definition) is 3. The van der Waals surface area contributed by atoms with E-state index in [2.05, 4.69) is 29.0 Å². The number of fused-ring (bicyclic) bond motifs is 1. The normalized spacial score (nSPS) is 20.2. The molecule has 2 aliphatic rings. The molecule has 1 fully saturated rings. The minimum atomic E-state index is -0.516. The molecule has 1 aromatic rings. The predicted octanol–water partition coefficient (Wildman–Crippen LogP) is 2.99. The molecule has 1 saturated heterocycles. The number of nitrogens with zero attached hydrogens (tertiary/aromatic N) is 1. The monoisotopic (exact) mass is 323 g/mol. The molecule has 4 nitrogen and oxygen atoms in total. The Kier molecular flexibility index (Phi) is 4.94. The standard InChI is InChI=1S/C20H21NO3/c1-24-20(23)12-11-19(22)21-13-16-9-5-6-10-17(16)18(14-21)15-7-3-2-4-8-15/h2-4,7-12,18H,5-6,13-14H2,1H3/b12-11+. The van der Waals surface area contributed by atoms with Gasteiger partial charge in [-0.3, -0.25) is 4.79 Å². The van der Waals surface area contributed by atoms with Crippen LogP contribution >= 0.6 is 0 Å². The molecule has 1 aliphatic carbocycles. The van der Waals surface area contributed by atoms with Crippen LogP contribution in [0.25, 0.3) is 0 Å². The molecule has 1 aliphatic heterocycles. The van der Waals surface area contributed by atoms with Crippen molar-refractivity contribution in [3.8, 4) is 0 Å². The van der Waals surface area contributed by atoms with E-state index in [0.717, 1.165) is 12.8 Å². The molecule has 24 heavy (non-hydrogen) atoms. The van der Waals surface area contributed by atoms with Crippen molar-refractivity contribution >= 4 is 11.9 Å². The van der Waals surface area contributed by atoms with Gasteiger partial charge in [0.25, 0.3) is 0 Å². The Bertz CT molecular complexity index is 716. The van der Waals surface area contributed by atoms with Gasteiger partial charge in [0.05, 0.1) is 7.11 Å². The van der Waals surface area contributed by atoms with E-state index in [-0.39, 0.29) is 11.8 Å². The smallest absolute Gasteiger partial charge is 0.330 e. The summed E-state index contributed by atoms with van der Waals surface area (Å²) < 4.78 is 4.55. The van der Waals surface area contributed by atoms with E-state index < -0.39 is 5.97 Å². The number of piperidine rings is 1. The van der Waals surface area contributed by atoms with Crippen LogP contribution in [-0.4, -0.2) is 37.0 Å². The highest BCUT2D eigenvalue weighted by atomic mass is 16.5. The number of amides is 1. The summed E-state index contributed by atoms with van der Waals surface area (Å²) in [4.78, 5) is 25.5. The highest BCUT2D eigenvalue weighted by Gasteiger charge is 2.31. The topological polar surface area (TPSA) is 46.6 Å².